The standard InChI is InChI=1S/C17H23NO5/c1-3-23-15-9-11(6-7-14(15)22-2)5-4-8-18-16(19)12-10-13(12)17(20)21/h6-7,9,12-13H,3-5,8,10H2,1-2H3,(H,18,19)(H,20,21)/t12-,13-/m0/s1. The van der Waals surface area contributed by atoms with E-state index in [0.717, 1.165) is 24.2 Å². The van der Waals surface area contributed by atoms with Gasteiger partial charge >= 0.3 is 5.97 Å². The molecule has 1 amide bonds. The van der Waals surface area contributed by atoms with Gasteiger partial charge in [0.05, 0.1) is 25.6 Å². The van der Waals surface area contributed by atoms with Gasteiger partial charge in [-0.05, 0) is 43.9 Å². The average molecular weight is 321 g/mol. The van der Waals surface area contributed by atoms with Gasteiger partial charge in [-0.3, -0.25) is 9.59 Å². The van der Waals surface area contributed by atoms with Crippen molar-refractivity contribution in [1.82, 2.24) is 5.32 Å². The summed E-state index contributed by atoms with van der Waals surface area (Å²) in [6.07, 6.45) is 2.04. The van der Waals surface area contributed by atoms with Crippen molar-refractivity contribution < 1.29 is 24.2 Å². The summed E-state index contributed by atoms with van der Waals surface area (Å²) >= 11 is 0. The van der Waals surface area contributed by atoms with Crippen LogP contribution in [0.1, 0.15) is 25.3 Å². The third kappa shape index (κ3) is 4.61. The Bertz CT molecular complexity index is 572. The third-order valence-electron chi connectivity index (χ3n) is 3.91. The number of carboxylic acid groups (broad SMARTS) is 1. The van der Waals surface area contributed by atoms with Gasteiger partial charge in [-0.2, -0.15) is 0 Å². The molecule has 0 unspecified atom stereocenters. The van der Waals surface area contributed by atoms with Crippen molar-refractivity contribution in [2.45, 2.75) is 26.2 Å². The number of rotatable bonds is 9. The van der Waals surface area contributed by atoms with E-state index in [1.165, 1.54) is 0 Å². The maximum atomic E-state index is 11.7. The minimum absolute atomic E-state index is 0.151. The van der Waals surface area contributed by atoms with Crippen LogP contribution in [0.2, 0.25) is 0 Å². The van der Waals surface area contributed by atoms with Crippen molar-refractivity contribution in [2.75, 3.05) is 20.3 Å². The summed E-state index contributed by atoms with van der Waals surface area (Å²) < 4.78 is 10.8. The molecule has 2 rings (SSSR count). The summed E-state index contributed by atoms with van der Waals surface area (Å²) in [4.78, 5) is 22.5. The molecule has 1 aliphatic carbocycles. The molecule has 0 bridgehead atoms. The smallest absolute Gasteiger partial charge is 0.307 e. The van der Waals surface area contributed by atoms with Crippen LogP contribution in [-0.4, -0.2) is 37.2 Å². The summed E-state index contributed by atoms with van der Waals surface area (Å²) in [5, 5.41) is 11.6. The summed E-state index contributed by atoms with van der Waals surface area (Å²) in [5.41, 5.74) is 1.11. The summed E-state index contributed by atoms with van der Waals surface area (Å²) in [6.45, 7) is 3.03. The molecule has 1 aromatic rings. The van der Waals surface area contributed by atoms with E-state index in [1.54, 1.807) is 7.11 Å². The van der Waals surface area contributed by atoms with E-state index in [1.807, 2.05) is 25.1 Å². The molecule has 1 aromatic carbocycles. The lowest BCUT2D eigenvalue weighted by atomic mass is 10.1. The fourth-order valence-electron chi connectivity index (χ4n) is 2.54. The Morgan fingerprint density at radius 2 is 2.09 bits per heavy atom. The Labute approximate surface area is 135 Å². The maximum Gasteiger partial charge on any atom is 0.307 e. The molecule has 0 aliphatic heterocycles. The van der Waals surface area contributed by atoms with E-state index >= 15 is 0 Å². The van der Waals surface area contributed by atoms with Crippen LogP contribution in [0.25, 0.3) is 0 Å². The van der Waals surface area contributed by atoms with Crippen LogP contribution in [-0.2, 0) is 16.0 Å². The van der Waals surface area contributed by atoms with Crippen molar-refractivity contribution in [3.8, 4) is 11.5 Å². The quantitative estimate of drug-likeness (QED) is 0.678. The minimum atomic E-state index is -0.883. The molecule has 6 nitrogen and oxygen atoms in total. The van der Waals surface area contributed by atoms with Crippen LogP contribution in [0.15, 0.2) is 18.2 Å². The van der Waals surface area contributed by atoms with Gasteiger partial charge in [-0.1, -0.05) is 6.07 Å². The van der Waals surface area contributed by atoms with Crippen molar-refractivity contribution in [1.29, 1.82) is 0 Å². The normalized spacial score (nSPS) is 19.0. The van der Waals surface area contributed by atoms with Gasteiger partial charge < -0.3 is 19.9 Å². The van der Waals surface area contributed by atoms with Crippen LogP contribution in [0, 0.1) is 11.8 Å². The van der Waals surface area contributed by atoms with E-state index in [2.05, 4.69) is 5.32 Å². The molecule has 1 saturated carbocycles. The first-order valence-corrected chi connectivity index (χ1v) is 7.87. The van der Waals surface area contributed by atoms with Gasteiger partial charge in [0.2, 0.25) is 5.91 Å². The highest BCUT2D eigenvalue weighted by Gasteiger charge is 2.48. The lowest BCUT2D eigenvalue weighted by Gasteiger charge is -2.11. The van der Waals surface area contributed by atoms with Gasteiger partial charge in [0.25, 0.3) is 0 Å². The Morgan fingerprint density at radius 1 is 1.30 bits per heavy atom. The molecule has 1 aliphatic rings. The first-order chi connectivity index (χ1) is 11.1. The van der Waals surface area contributed by atoms with Crippen molar-refractivity contribution in [3.63, 3.8) is 0 Å². The highest BCUT2D eigenvalue weighted by atomic mass is 16.5. The number of carboxylic acids is 1. The van der Waals surface area contributed by atoms with Crippen molar-refractivity contribution >= 4 is 11.9 Å². The molecule has 0 aromatic heterocycles. The van der Waals surface area contributed by atoms with E-state index in [4.69, 9.17) is 14.6 Å². The number of aliphatic carboxylic acids is 1. The molecule has 0 radical (unpaired) electrons. The molecule has 0 heterocycles. The summed E-state index contributed by atoms with van der Waals surface area (Å²) in [7, 11) is 1.61. The van der Waals surface area contributed by atoms with Gasteiger partial charge in [0.1, 0.15) is 0 Å². The number of methoxy groups -OCH3 is 1. The van der Waals surface area contributed by atoms with Crippen molar-refractivity contribution in [2.24, 2.45) is 11.8 Å². The van der Waals surface area contributed by atoms with Gasteiger partial charge in [-0.15, -0.1) is 0 Å². The van der Waals surface area contributed by atoms with E-state index in [9.17, 15) is 9.59 Å². The first kappa shape index (κ1) is 17.1. The zero-order valence-electron chi connectivity index (χ0n) is 13.5. The number of ether oxygens (including phenoxy) is 2. The fourth-order valence-corrected chi connectivity index (χ4v) is 2.54. The molecular formula is C17H23NO5. The van der Waals surface area contributed by atoms with Crippen LogP contribution in [0.5, 0.6) is 11.5 Å². The van der Waals surface area contributed by atoms with Crippen LogP contribution >= 0.6 is 0 Å². The monoisotopic (exact) mass is 321 g/mol. The molecule has 23 heavy (non-hydrogen) atoms. The number of carbonyl (C=O) groups excluding carboxylic acids is 1. The molecule has 2 atom stereocenters. The predicted molar refractivity (Wildman–Crippen MR) is 84.7 cm³/mol. The number of nitrogens with one attached hydrogen (secondary N) is 1. The number of hydrogen-bond donors (Lipinski definition) is 2. The number of benzene rings is 1. The Morgan fingerprint density at radius 3 is 2.70 bits per heavy atom. The molecule has 6 heteroatoms. The lowest BCUT2D eigenvalue weighted by molar-refractivity contribution is -0.140. The van der Waals surface area contributed by atoms with Crippen LogP contribution in [0.4, 0.5) is 0 Å². The Kier molecular flexibility index (Phi) is 5.84. The molecule has 0 saturated heterocycles. The summed E-state index contributed by atoms with van der Waals surface area (Å²) in [5.74, 6) is -0.450. The molecule has 0 spiro atoms. The van der Waals surface area contributed by atoms with E-state index in [-0.39, 0.29) is 11.8 Å². The molecule has 1 fully saturated rings. The molecular weight excluding hydrogens is 298 g/mol. The second kappa shape index (κ2) is 7.85. The second-order valence-corrected chi connectivity index (χ2v) is 5.60. The number of carbonyl (C=O) groups is 2. The first-order valence-electron chi connectivity index (χ1n) is 7.87. The largest absolute Gasteiger partial charge is 0.493 e. The highest BCUT2D eigenvalue weighted by molar-refractivity contribution is 5.89. The number of aryl methyl sites for hydroxylation is 1. The third-order valence-corrected chi connectivity index (χ3v) is 3.91. The minimum Gasteiger partial charge on any atom is -0.493 e. The maximum absolute atomic E-state index is 11.7. The highest BCUT2D eigenvalue weighted by Crippen LogP contribution is 2.38. The topological polar surface area (TPSA) is 84.9 Å². The lowest BCUT2D eigenvalue weighted by Crippen LogP contribution is -2.27. The zero-order valence-corrected chi connectivity index (χ0v) is 13.5. The van der Waals surface area contributed by atoms with Gasteiger partial charge in [0.15, 0.2) is 11.5 Å². The average Bonchev–Trinajstić information content (AvgIpc) is 3.33. The SMILES string of the molecule is CCOc1cc(CCCNC(=O)[C@H]2C[C@@H]2C(=O)O)ccc1OC. The second-order valence-electron chi connectivity index (χ2n) is 5.60. The van der Waals surface area contributed by atoms with Crippen LogP contribution < -0.4 is 14.8 Å². The molecule has 126 valence electrons. The zero-order chi connectivity index (χ0) is 16.8. The van der Waals surface area contributed by atoms with Gasteiger partial charge in [-0.25, -0.2) is 0 Å². The number of amides is 1. The molecule has 2 N–H and O–H groups in total. The Hall–Kier alpha value is -2.24. The summed E-state index contributed by atoms with van der Waals surface area (Å²) in [6, 6.07) is 5.80. The van der Waals surface area contributed by atoms with Crippen molar-refractivity contribution in [3.05, 3.63) is 23.8 Å². The fraction of sp³-hybridized carbons (Fsp3) is 0.529. The Balaban J connectivity index is 1.75. The van der Waals surface area contributed by atoms with Gasteiger partial charge in [0, 0.05) is 6.54 Å². The van der Waals surface area contributed by atoms with E-state index < -0.39 is 11.9 Å². The number of hydrogen-bond acceptors (Lipinski definition) is 4. The predicted octanol–water partition coefficient (Wildman–Crippen LogP) is 1.86. The van der Waals surface area contributed by atoms with E-state index in [0.29, 0.717) is 25.3 Å². The van der Waals surface area contributed by atoms with Crippen LogP contribution in [0.3, 0.4) is 0 Å².